The van der Waals surface area contributed by atoms with Crippen LogP contribution in [-0.2, 0) is 36.1 Å². The number of nitrogens with zero attached hydrogens (tertiary/aromatic N) is 4. The largest absolute Gasteiger partial charge is 0.496 e. The van der Waals surface area contributed by atoms with E-state index in [1.54, 1.807) is 19.4 Å². The Labute approximate surface area is 301 Å². The van der Waals surface area contributed by atoms with E-state index in [1.807, 2.05) is 48.0 Å². The van der Waals surface area contributed by atoms with Crippen molar-refractivity contribution in [1.29, 1.82) is 0 Å². The topological polar surface area (TPSA) is 123 Å². The number of imidazole rings is 1. The molecule has 1 atom stereocenters. The molecule has 2 fully saturated rings. The SMILES string of the molecule is COc1cc(-c2nccc(-c3cccc(NC(=O)c4nc5c(n4C)CCN(CC4(C)COC4)C5)c3Cl)c2Cl)ccc1CNCC1CCC(=O)N1. The smallest absolute Gasteiger partial charge is 0.291 e. The molecule has 0 saturated carbocycles. The number of halogens is 2. The molecule has 11 nitrogen and oxygen atoms in total. The Kier molecular flexibility index (Phi) is 9.87. The molecule has 0 bridgehead atoms. The van der Waals surface area contributed by atoms with Crippen molar-refractivity contribution >= 4 is 40.7 Å². The third-order valence-electron chi connectivity index (χ3n) is 9.82. The number of fused-ring (bicyclic) bond motifs is 1. The average Bonchev–Trinajstić information content (AvgIpc) is 3.67. The van der Waals surface area contributed by atoms with E-state index in [9.17, 15) is 9.59 Å². The van der Waals surface area contributed by atoms with Gasteiger partial charge in [-0.25, -0.2) is 4.98 Å². The maximum atomic E-state index is 13.6. The quantitative estimate of drug-likeness (QED) is 0.187. The third kappa shape index (κ3) is 6.97. The van der Waals surface area contributed by atoms with Crippen LogP contribution in [-0.4, -0.2) is 77.2 Å². The van der Waals surface area contributed by atoms with Gasteiger partial charge in [-0.1, -0.05) is 54.4 Å². The number of benzene rings is 2. The molecule has 2 aromatic carbocycles. The van der Waals surface area contributed by atoms with Gasteiger partial charge >= 0.3 is 0 Å². The van der Waals surface area contributed by atoms with Crippen molar-refractivity contribution in [3.63, 3.8) is 0 Å². The van der Waals surface area contributed by atoms with E-state index in [0.29, 0.717) is 70.2 Å². The van der Waals surface area contributed by atoms with Crippen LogP contribution in [0.4, 0.5) is 5.69 Å². The van der Waals surface area contributed by atoms with Gasteiger partial charge in [0, 0.05) is 98.2 Å². The first-order valence-electron chi connectivity index (χ1n) is 16.9. The molecule has 0 radical (unpaired) electrons. The average molecular weight is 719 g/mol. The molecule has 5 heterocycles. The molecule has 0 spiro atoms. The van der Waals surface area contributed by atoms with Gasteiger partial charge in [0.15, 0.2) is 5.82 Å². The molecule has 262 valence electrons. The number of ether oxygens (including phenoxy) is 2. The predicted octanol–water partition coefficient (Wildman–Crippen LogP) is 5.48. The Bertz CT molecular complexity index is 1940. The third-order valence-corrected chi connectivity index (χ3v) is 10.6. The van der Waals surface area contributed by atoms with Crippen LogP contribution >= 0.6 is 23.2 Å². The number of amides is 2. The summed E-state index contributed by atoms with van der Waals surface area (Å²) in [5.41, 5.74) is 6.33. The van der Waals surface area contributed by atoms with Crippen molar-refractivity contribution in [2.45, 2.75) is 45.3 Å². The van der Waals surface area contributed by atoms with E-state index >= 15 is 0 Å². The van der Waals surface area contributed by atoms with Crippen LogP contribution in [0, 0.1) is 5.41 Å². The van der Waals surface area contributed by atoms with Crippen LogP contribution in [0.1, 0.15) is 47.3 Å². The van der Waals surface area contributed by atoms with Crippen molar-refractivity contribution < 1.29 is 19.1 Å². The molecule has 13 heteroatoms. The first-order chi connectivity index (χ1) is 24.1. The molecule has 1 unspecified atom stereocenters. The van der Waals surface area contributed by atoms with E-state index in [-0.39, 0.29) is 23.3 Å². The fraction of sp³-hybridized carbons (Fsp3) is 0.405. The second-order valence-corrected chi connectivity index (χ2v) is 14.5. The first kappa shape index (κ1) is 34.4. The van der Waals surface area contributed by atoms with Gasteiger partial charge in [0.2, 0.25) is 5.91 Å². The molecule has 3 aliphatic rings. The molecular formula is C37H41Cl2N7O4. The summed E-state index contributed by atoms with van der Waals surface area (Å²) in [6.07, 6.45) is 3.93. The number of anilines is 1. The summed E-state index contributed by atoms with van der Waals surface area (Å²) in [6.45, 7) is 7.65. The van der Waals surface area contributed by atoms with Crippen LogP contribution in [0.25, 0.3) is 22.4 Å². The number of hydrogen-bond donors (Lipinski definition) is 3. The van der Waals surface area contributed by atoms with E-state index in [1.165, 1.54) is 0 Å². The highest BCUT2D eigenvalue weighted by Crippen LogP contribution is 2.41. The molecule has 2 saturated heterocycles. The lowest BCUT2D eigenvalue weighted by atomic mass is 9.87. The van der Waals surface area contributed by atoms with E-state index in [2.05, 4.69) is 32.8 Å². The monoisotopic (exact) mass is 717 g/mol. The Morgan fingerprint density at radius 3 is 2.70 bits per heavy atom. The summed E-state index contributed by atoms with van der Waals surface area (Å²) in [5.74, 6) is 0.812. The van der Waals surface area contributed by atoms with Crippen LogP contribution in [0.5, 0.6) is 5.75 Å². The Morgan fingerprint density at radius 1 is 1.14 bits per heavy atom. The zero-order valence-corrected chi connectivity index (χ0v) is 30.0. The molecule has 0 aliphatic carbocycles. The summed E-state index contributed by atoms with van der Waals surface area (Å²) < 4.78 is 13.1. The lowest BCUT2D eigenvalue weighted by Gasteiger charge is -2.42. The molecule has 3 N–H and O–H groups in total. The normalized spacial score (nSPS) is 18.3. The standard InChI is InChI=1S/C37H41Cl2N7O4/c1-37(20-50-21-37)19-46-14-12-29-28(18-46)43-35(45(29)2)36(48)44-27-6-4-5-25(32(27)38)26-11-13-41-34(33(26)39)22-7-8-23(30(15-22)49-3)16-40-17-24-9-10-31(47)42-24/h4-8,11,13,15,24,40H,9-10,12,14,16-21H2,1-3H3,(H,42,47)(H,44,48). The minimum absolute atomic E-state index is 0.0999. The molecule has 7 rings (SSSR count). The summed E-state index contributed by atoms with van der Waals surface area (Å²) >= 11 is 14.0. The maximum absolute atomic E-state index is 13.6. The van der Waals surface area contributed by atoms with Gasteiger partial charge in [0.05, 0.1) is 47.4 Å². The van der Waals surface area contributed by atoms with Gasteiger partial charge in [0.1, 0.15) is 5.75 Å². The highest BCUT2D eigenvalue weighted by atomic mass is 35.5. The Hall–Kier alpha value is -4.00. The number of pyridine rings is 1. The highest BCUT2D eigenvalue weighted by Gasteiger charge is 2.37. The fourth-order valence-corrected chi connectivity index (χ4v) is 7.72. The zero-order chi connectivity index (χ0) is 35.0. The Balaban J connectivity index is 1.07. The second-order valence-electron chi connectivity index (χ2n) is 13.8. The summed E-state index contributed by atoms with van der Waals surface area (Å²) in [6, 6.07) is 13.3. The van der Waals surface area contributed by atoms with Gasteiger partial charge in [-0.2, -0.15) is 0 Å². The maximum Gasteiger partial charge on any atom is 0.291 e. The van der Waals surface area contributed by atoms with Crippen LogP contribution < -0.4 is 20.7 Å². The number of nitrogens with one attached hydrogen (secondary N) is 3. The summed E-state index contributed by atoms with van der Waals surface area (Å²) in [5, 5.41) is 10.2. The Morgan fingerprint density at radius 2 is 1.96 bits per heavy atom. The van der Waals surface area contributed by atoms with Gasteiger partial charge in [-0.05, 0) is 24.6 Å². The van der Waals surface area contributed by atoms with Crippen LogP contribution in [0.2, 0.25) is 10.0 Å². The van der Waals surface area contributed by atoms with Crippen molar-refractivity contribution in [2.24, 2.45) is 12.5 Å². The molecular weight excluding hydrogens is 677 g/mol. The number of methoxy groups -OCH3 is 1. The van der Waals surface area contributed by atoms with Crippen LogP contribution in [0.3, 0.4) is 0 Å². The number of carbonyl (C=O) groups is 2. The number of hydrogen-bond acceptors (Lipinski definition) is 8. The summed E-state index contributed by atoms with van der Waals surface area (Å²) in [4.78, 5) is 36.9. The van der Waals surface area contributed by atoms with E-state index < -0.39 is 0 Å². The lowest BCUT2D eigenvalue weighted by molar-refractivity contribution is -0.119. The number of carbonyl (C=O) groups excluding carboxylic acids is 2. The number of rotatable bonds is 11. The van der Waals surface area contributed by atoms with Crippen molar-refractivity contribution in [2.75, 3.05) is 45.3 Å². The minimum atomic E-state index is -0.331. The predicted molar refractivity (Wildman–Crippen MR) is 194 cm³/mol. The molecule has 3 aliphatic heterocycles. The molecule has 50 heavy (non-hydrogen) atoms. The highest BCUT2D eigenvalue weighted by molar-refractivity contribution is 6.39. The van der Waals surface area contributed by atoms with E-state index in [0.717, 1.165) is 61.7 Å². The van der Waals surface area contributed by atoms with Crippen molar-refractivity contribution in [1.82, 2.24) is 30.1 Å². The fourth-order valence-electron chi connectivity index (χ4n) is 7.12. The van der Waals surface area contributed by atoms with Crippen molar-refractivity contribution in [3.8, 4) is 28.1 Å². The van der Waals surface area contributed by atoms with Crippen molar-refractivity contribution in [3.05, 3.63) is 81.5 Å². The molecule has 2 amide bonds. The van der Waals surface area contributed by atoms with Gasteiger partial charge in [0.25, 0.3) is 5.91 Å². The minimum Gasteiger partial charge on any atom is -0.496 e. The molecule has 4 aromatic rings. The van der Waals surface area contributed by atoms with Gasteiger partial charge in [-0.15, -0.1) is 0 Å². The van der Waals surface area contributed by atoms with Gasteiger partial charge in [-0.3, -0.25) is 19.5 Å². The second kappa shape index (κ2) is 14.3. The first-order valence-corrected chi connectivity index (χ1v) is 17.6. The zero-order valence-electron chi connectivity index (χ0n) is 28.4. The van der Waals surface area contributed by atoms with Gasteiger partial charge < -0.3 is 30.0 Å². The number of aromatic nitrogens is 3. The van der Waals surface area contributed by atoms with E-state index in [4.69, 9.17) is 37.7 Å². The summed E-state index contributed by atoms with van der Waals surface area (Å²) in [7, 11) is 3.52. The van der Waals surface area contributed by atoms with Crippen LogP contribution in [0.15, 0.2) is 48.7 Å². The molecule has 2 aromatic heterocycles. The lowest BCUT2D eigenvalue weighted by Crippen LogP contribution is -2.49.